The maximum absolute atomic E-state index is 5.86. The molecule has 5 nitrogen and oxygen atoms in total. The number of hydrogen-bond donors (Lipinski definition) is 2. The highest BCUT2D eigenvalue weighted by Crippen LogP contribution is 2.30. The van der Waals surface area contributed by atoms with Crippen LogP contribution in [0.2, 0.25) is 0 Å². The van der Waals surface area contributed by atoms with E-state index in [1.54, 1.807) is 0 Å². The van der Waals surface area contributed by atoms with Gasteiger partial charge >= 0.3 is 0 Å². The highest BCUT2D eigenvalue weighted by Gasteiger charge is 2.28. The Hall–Kier alpha value is -1.36. The molecule has 1 aliphatic rings. The van der Waals surface area contributed by atoms with Crippen molar-refractivity contribution in [3.05, 3.63) is 11.9 Å². The Balaban J connectivity index is 2.00. The lowest BCUT2D eigenvalue weighted by molar-refractivity contribution is 0.150. The zero-order valence-electron chi connectivity index (χ0n) is 13.1. The molecule has 1 aliphatic heterocycles. The first kappa shape index (κ1) is 15.0. The number of aromatic nitrogens is 2. The molecule has 0 aromatic carbocycles. The lowest BCUT2D eigenvalue weighted by Crippen LogP contribution is -2.40. The Morgan fingerprint density at radius 1 is 1.35 bits per heavy atom. The van der Waals surface area contributed by atoms with E-state index in [-0.39, 0.29) is 5.92 Å². The molecule has 3 N–H and O–H groups in total. The van der Waals surface area contributed by atoms with Crippen molar-refractivity contribution in [1.29, 1.82) is 0 Å². The van der Waals surface area contributed by atoms with Gasteiger partial charge in [0.05, 0.1) is 0 Å². The van der Waals surface area contributed by atoms with E-state index in [2.05, 4.69) is 48.0 Å². The minimum atomic E-state index is 0.290. The zero-order chi connectivity index (χ0) is 14.8. The van der Waals surface area contributed by atoms with Crippen molar-refractivity contribution in [2.75, 3.05) is 37.7 Å². The predicted molar refractivity (Wildman–Crippen MR) is 83.9 cm³/mol. The van der Waals surface area contributed by atoms with Crippen LogP contribution in [0.3, 0.4) is 0 Å². The smallest absolute Gasteiger partial charge is 0.135 e. The number of anilines is 2. The fourth-order valence-electron chi connectivity index (χ4n) is 2.47. The molecular formula is C15H27N5. The van der Waals surface area contributed by atoms with E-state index in [0.29, 0.717) is 11.2 Å². The molecule has 2 rings (SSSR count). The minimum absolute atomic E-state index is 0.290. The van der Waals surface area contributed by atoms with Gasteiger partial charge in [0, 0.05) is 18.5 Å². The predicted octanol–water partition coefficient (Wildman–Crippen LogP) is 2.33. The van der Waals surface area contributed by atoms with Gasteiger partial charge in [0.2, 0.25) is 0 Å². The zero-order valence-corrected chi connectivity index (χ0v) is 13.1. The summed E-state index contributed by atoms with van der Waals surface area (Å²) in [5.41, 5.74) is 6.20. The number of rotatable bonds is 4. The van der Waals surface area contributed by atoms with Gasteiger partial charge in [-0.3, -0.25) is 0 Å². The summed E-state index contributed by atoms with van der Waals surface area (Å²) in [6.45, 7) is 9.78. The third kappa shape index (κ3) is 3.82. The van der Waals surface area contributed by atoms with E-state index < -0.39 is 0 Å². The standard InChI is InChI=1S/C15H27N5/c1-11(2)14-18-12(16)9-13(19-14)17-10-15(3)5-7-20(4)8-6-15/h9,11H,5-8,10H2,1-4H3,(H3,16,17,18,19). The summed E-state index contributed by atoms with van der Waals surface area (Å²) in [6.07, 6.45) is 2.43. The fourth-order valence-corrected chi connectivity index (χ4v) is 2.47. The molecule has 2 heterocycles. The number of nitrogen functional groups attached to an aromatic ring is 1. The first-order valence-corrected chi connectivity index (χ1v) is 7.45. The molecule has 112 valence electrons. The molecule has 0 bridgehead atoms. The van der Waals surface area contributed by atoms with Crippen molar-refractivity contribution < 1.29 is 0 Å². The number of piperidine rings is 1. The molecule has 1 saturated heterocycles. The average molecular weight is 277 g/mol. The van der Waals surface area contributed by atoms with Crippen molar-refractivity contribution >= 4 is 11.6 Å². The van der Waals surface area contributed by atoms with Gasteiger partial charge in [-0.2, -0.15) is 0 Å². The van der Waals surface area contributed by atoms with Crippen molar-refractivity contribution in [3.8, 4) is 0 Å². The van der Waals surface area contributed by atoms with Crippen LogP contribution in [0, 0.1) is 5.41 Å². The summed E-state index contributed by atoms with van der Waals surface area (Å²) in [5, 5.41) is 3.46. The third-order valence-corrected chi connectivity index (χ3v) is 4.17. The highest BCUT2D eigenvalue weighted by atomic mass is 15.1. The average Bonchev–Trinajstić information content (AvgIpc) is 2.40. The second kappa shape index (κ2) is 5.95. The molecular weight excluding hydrogens is 250 g/mol. The molecule has 0 unspecified atom stereocenters. The van der Waals surface area contributed by atoms with Crippen molar-refractivity contribution in [2.24, 2.45) is 5.41 Å². The van der Waals surface area contributed by atoms with Gasteiger partial charge in [0.1, 0.15) is 17.5 Å². The second-order valence-electron chi connectivity index (χ2n) is 6.66. The summed E-state index contributed by atoms with van der Waals surface area (Å²) in [5.74, 6) is 2.49. The Morgan fingerprint density at radius 2 is 2.00 bits per heavy atom. The molecule has 20 heavy (non-hydrogen) atoms. The maximum atomic E-state index is 5.86. The van der Waals surface area contributed by atoms with Gasteiger partial charge in [-0.15, -0.1) is 0 Å². The number of likely N-dealkylation sites (tertiary alicyclic amines) is 1. The Labute approximate surface area is 122 Å². The van der Waals surface area contributed by atoms with E-state index in [1.165, 1.54) is 25.9 Å². The topological polar surface area (TPSA) is 67.1 Å². The van der Waals surface area contributed by atoms with Gasteiger partial charge < -0.3 is 16.0 Å². The second-order valence-corrected chi connectivity index (χ2v) is 6.66. The molecule has 5 heteroatoms. The number of hydrogen-bond acceptors (Lipinski definition) is 5. The van der Waals surface area contributed by atoms with Gasteiger partial charge in [0.15, 0.2) is 0 Å². The molecule has 0 atom stereocenters. The Kier molecular flexibility index (Phi) is 4.48. The van der Waals surface area contributed by atoms with Crippen LogP contribution in [0.5, 0.6) is 0 Å². The molecule has 0 saturated carbocycles. The molecule has 1 aromatic rings. The Bertz CT molecular complexity index is 450. The van der Waals surface area contributed by atoms with Crippen molar-refractivity contribution in [1.82, 2.24) is 14.9 Å². The SMILES string of the molecule is CC(C)c1nc(N)cc(NCC2(C)CCN(C)CC2)n1. The summed E-state index contributed by atoms with van der Waals surface area (Å²) in [6, 6.07) is 1.82. The first-order chi connectivity index (χ1) is 9.38. The molecule has 0 radical (unpaired) electrons. The summed E-state index contributed by atoms with van der Waals surface area (Å²) in [7, 11) is 2.19. The molecule has 0 spiro atoms. The maximum Gasteiger partial charge on any atom is 0.135 e. The number of nitrogens with two attached hydrogens (primary N) is 1. The monoisotopic (exact) mass is 277 g/mol. The fraction of sp³-hybridized carbons (Fsp3) is 0.733. The summed E-state index contributed by atoms with van der Waals surface area (Å²) in [4.78, 5) is 11.2. The van der Waals surface area contributed by atoms with Crippen LogP contribution in [-0.4, -0.2) is 41.5 Å². The van der Waals surface area contributed by atoms with Gasteiger partial charge in [-0.1, -0.05) is 20.8 Å². The van der Waals surface area contributed by atoms with Gasteiger partial charge in [0.25, 0.3) is 0 Å². The van der Waals surface area contributed by atoms with Crippen LogP contribution in [0.15, 0.2) is 6.07 Å². The van der Waals surface area contributed by atoms with Gasteiger partial charge in [-0.25, -0.2) is 9.97 Å². The van der Waals surface area contributed by atoms with Crippen LogP contribution in [0.25, 0.3) is 0 Å². The highest BCUT2D eigenvalue weighted by molar-refractivity contribution is 5.45. The van der Waals surface area contributed by atoms with Crippen LogP contribution >= 0.6 is 0 Å². The minimum Gasteiger partial charge on any atom is -0.384 e. The number of nitrogens with zero attached hydrogens (tertiary/aromatic N) is 3. The van der Waals surface area contributed by atoms with E-state index in [1.807, 2.05) is 6.07 Å². The van der Waals surface area contributed by atoms with Gasteiger partial charge in [-0.05, 0) is 38.4 Å². The lowest BCUT2D eigenvalue weighted by atomic mass is 9.80. The quantitative estimate of drug-likeness (QED) is 0.884. The van der Waals surface area contributed by atoms with Crippen LogP contribution in [-0.2, 0) is 0 Å². The molecule has 0 aliphatic carbocycles. The lowest BCUT2D eigenvalue weighted by Gasteiger charge is -2.38. The van der Waals surface area contributed by atoms with Crippen LogP contribution in [0.1, 0.15) is 45.4 Å². The van der Waals surface area contributed by atoms with E-state index >= 15 is 0 Å². The van der Waals surface area contributed by atoms with E-state index in [9.17, 15) is 0 Å². The van der Waals surface area contributed by atoms with Crippen molar-refractivity contribution in [2.45, 2.75) is 39.5 Å². The first-order valence-electron chi connectivity index (χ1n) is 7.45. The normalized spacial score (nSPS) is 19.2. The summed E-state index contributed by atoms with van der Waals surface area (Å²) >= 11 is 0. The third-order valence-electron chi connectivity index (χ3n) is 4.17. The molecule has 1 aromatic heterocycles. The van der Waals surface area contributed by atoms with E-state index in [0.717, 1.165) is 18.2 Å². The largest absolute Gasteiger partial charge is 0.384 e. The Morgan fingerprint density at radius 3 is 2.60 bits per heavy atom. The van der Waals surface area contributed by atoms with Crippen LogP contribution < -0.4 is 11.1 Å². The van der Waals surface area contributed by atoms with Crippen LogP contribution in [0.4, 0.5) is 11.6 Å². The molecule has 1 fully saturated rings. The van der Waals surface area contributed by atoms with E-state index in [4.69, 9.17) is 5.73 Å². The summed E-state index contributed by atoms with van der Waals surface area (Å²) < 4.78 is 0. The molecule has 0 amide bonds. The number of nitrogens with one attached hydrogen (secondary N) is 1. The van der Waals surface area contributed by atoms with Crippen molar-refractivity contribution in [3.63, 3.8) is 0 Å².